The summed E-state index contributed by atoms with van der Waals surface area (Å²) in [6.07, 6.45) is 3.00. The number of nitrogens with zero attached hydrogens (tertiary/aromatic N) is 5. The topological polar surface area (TPSA) is 58.3 Å². The molecule has 3 aliphatic rings. The molecule has 2 atom stereocenters. The quantitative estimate of drug-likeness (QED) is 0.731. The minimum Gasteiger partial charge on any atom is -0.356 e. The number of aromatic nitrogens is 3. The van der Waals surface area contributed by atoms with E-state index in [4.69, 9.17) is 4.52 Å². The molecule has 2 aromatic heterocycles. The molecule has 25 heavy (non-hydrogen) atoms. The maximum Gasteiger partial charge on any atom is 0.225 e. The van der Waals surface area contributed by atoms with Crippen molar-refractivity contribution in [2.24, 2.45) is 0 Å². The van der Waals surface area contributed by atoms with E-state index in [1.807, 2.05) is 19.2 Å². The normalized spacial score (nSPS) is 23.0. The Kier molecular flexibility index (Phi) is 3.24. The summed E-state index contributed by atoms with van der Waals surface area (Å²) in [6.45, 7) is 4.56. The summed E-state index contributed by atoms with van der Waals surface area (Å²) in [7, 11) is 0. The van der Waals surface area contributed by atoms with E-state index in [2.05, 4.69) is 24.9 Å². The van der Waals surface area contributed by atoms with Crippen LogP contribution < -0.4 is 4.90 Å². The number of fused-ring (bicyclic) bond motifs is 3. The summed E-state index contributed by atoms with van der Waals surface area (Å²) in [6, 6.07) is 7.44. The smallest absolute Gasteiger partial charge is 0.225 e. The van der Waals surface area contributed by atoms with Gasteiger partial charge >= 0.3 is 0 Å². The van der Waals surface area contributed by atoms with Gasteiger partial charge in [0.2, 0.25) is 5.95 Å². The molecule has 3 aromatic rings. The lowest BCUT2D eigenvalue weighted by Gasteiger charge is -2.56. The highest BCUT2D eigenvalue weighted by molar-refractivity contribution is 5.79. The van der Waals surface area contributed by atoms with E-state index in [1.54, 1.807) is 6.07 Å². The number of anilines is 1. The lowest BCUT2D eigenvalue weighted by atomic mass is 9.87. The van der Waals surface area contributed by atoms with E-state index in [-0.39, 0.29) is 5.82 Å². The average molecular weight is 339 g/mol. The molecule has 128 valence electrons. The first-order valence-corrected chi connectivity index (χ1v) is 8.51. The van der Waals surface area contributed by atoms with Gasteiger partial charge < -0.3 is 9.42 Å². The molecule has 0 aliphatic carbocycles. The first-order valence-electron chi connectivity index (χ1n) is 8.51. The minimum absolute atomic E-state index is 0.301. The Morgan fingerprint density at radius 1 is 1.24 bits per heavy atom. The number of aryl methyl sites for hydroxylation is 1. The number of piperazine rings is 1. The number of benzene rings is 1. The summed E-state index contributed by atoms with van der Waals surface area (Å²) in [5.41, 5.74) is 2.38. The van der Waals surface area contributed by atoms with Crippen LogP contribution in [0.3, 0.4) is 0 Å². The van der Waals surface area contributed by atoms with Crippen LogP contribution in [0.25, 0.3) is 11.0 Å². The van der Waals surface area contributed by atoms with E-state index in [0.717, 1.165) is 42.4 Å². The molecule has 0 amide bonds. The van der Waals surface area contributed by atoms with Crippen LogP contribution >= 0.6 is 0 Å². The lowest BCUT2D eigenvalue weighted by Crippen LogP contribution is -2.68. The molecule has 6 nitrogen and oxygen atoms in total. The van der Waals surface area contributed by atoms with Crippen molar-refractivity contribution >= 4 is 16.9 Å². The summed E-state index contributed by atoms with van der Waals surface area (Å²) >= 11 is 0. The molecule has 2 bridgehead atoms. The van der Waals surface area contributed by atoms with Crippen molar-refractivity contribution < 1.29 is 8.91 Å². The molecule has 3 fully saturated rings. The Balaban J connectivity index is 1.33. The Morgan fingerprint density at radius 3 is 2.88 bits per heavy atom. The standard InChI is InChI=1S/C18H18FN5O/c1-11-4-5-20-18(21-11)23-8-13-7-14(9-23)24(13)10-16-15-3-2-12(19)6-17(15)25-22-16/h2-6,13-14H,7-10H2,1H3. The van der Waals surface area contributed by atoms with Crippen LogP contribution in [-0.2, 0) is 6.54 Å². The number of hydrogen-bond donors (Lipinski definition) is 0. The molecule has 0 saturated carbocycles. The van der Waals surface area contributed by atoms with Gasteiger partial charge in [-0.1, -0.05) is 5.16 Å². The predicted molar refractivity (Wildman–Crippen MR) is 90.7 cm³/mol. The van der Waals surface area contributed by atoms with Gasteiger partial charge in [-0.15, -0.1) is 0 Å². The molecule has 0 spiro atoms. The van der Waals surface area contributed by atoms with Gasteiger partial charge in [-0.25, -0.2) is 14.4 Å². The third kappa shape index (κ3) is 2.46. The van der Waals surface area contributed by atoms with Crippen LogP contribution in [-0.4, -0.2) is 45.2 Å². The highest BCUT2D eigenvalue weighted by atomic mass is 19.1. The van der Waals surface area contributed by atoms with E-state index >= 15 is 0 Å². The lowest BCUT2D eigenvalue weighted by molar-refractivity contribution is -0.0103. The maximum absolute atomic E-state index is 13.3. The number of piperidine rings is 1. The highest BCUT2D eigenvalue weighted by Gasteiger charge is 2.45. The van der Waals surface area contributed by atoms with Gasteiger partial charge in [0, 0.05) is 55.1 Å². The second kappa shape index (κ2) is 5.49. The zero-order chi connectivity index (χ0) is 17.0. The van der Waals surface area contributed by atoms with E-state index in [9.17, 15) is 4.39 Å². The van der Waals surface area contributed by atoms with Crippen molar-refractivity contribution in [1.29, 1.82) is 0 Å². The molecular formula is C18H18FN5O. The predicted octanol–water partition coefficient (Wildman–Crippen LogP) is 2.53. The van der Waals surface area contributed by atoms with Crippen LogP contribution in [0.5, 0.6) is 0 Å². The fraction of sp³-hybridized carbons (Fsp3) is 0.389. The van der Waals surface area contributed by atoms with Crippen LogP contribution in [0, 0.1) is 12.7 Å². The zero-order valence-electron chi connectivity index (χ0n) is 13.9. The summed E-state index contributed by atoms with van der Waals surface area (Å²) in [5.74, 6) is 0.515. The van der Waals surface area contributed by atoms with Crippen molar-refractivity contribution in [3.8, 4) is 0 Å². The maximum atomic E-state index is 13.3. The number of halogens is 1. The Bertz CT molecular complexity index is 930. The van der Waals surface area contributed by atoms with Gasteiger partial charge in [-0.3, -0.25) is 4.90 Å². The fourth-order valence-electron chi connectivity index (χ4n) is 3.95. The third-order valence-corrected chi connectivity index (χ3v) is 5.25. The third-order valence-electron chi connectivity index (χ3n) is 5.25. The molecule has 6 rings (SSSR count). The second-order valence-corrected chi connectivity index (χ2v) is 6.89. The van der Waals surface area contributed by atoms with Gasteiger partial charge in [0.15, 0.2) is 5.58 Å². The number of rotatable bonds is 3. The van der Waals surface area contributed by atoms with Crippen LogP contribution in [0.4, 0.5) is 10.3 Å². The summed E-state index contributed by atoms with van der Waals surface area (Å²) in [4.78, 5) is 13.7. The van der Waals surface area contributed by atoms with Crippen molar-refractivity contribution in [3.63, 3.8) is 0 Å². The van der Waals surface area contributed by atoms with Gasteiger partial charge in [0.05, 0.1) is 0 Å². The van der Waals surface area contributed by atoms with Crippen LogP contribution in [0.15, 0.2) is 35.0 Å². The van der Waals surface area contributed by atoms with Crippen molar-refractivity contribution in [3.05, 3.63) is 47.7 Å². The molecule has 5 heterocycles. The number of hydrogen-bond acceptors (Lipinski definition) is 6. The summed E-state index contributed by atoms with van der Waals surface area (Å²) in [5, 5.41) is 5.05. The Morgan fingerprint density at radius 2 is 2.08 bits per heavy atom. The van der Waals surface area contributed by atoms with Crippen LogP contribution in [0.1, 0.15) is 17.8 Å². The molecule has 2 unspecified atom stereocenters. The monoisotopic (exact) mass is 339 g/mol. The highest BCUT2D eigenvalue weighted by Crippen LogP contribution is 2.35. The second-order valence-electron chi connectivity index (χ2n) is 6.89. The van der Waals surface area contributed by atoms with Gasteiger partial charge in [-0.05, 0) is 31.5 Å². The van der Waals surface area contributed by atoms with E-state index in [0.29, 0.717) is 17.7 Å². The van der Waals surface area contributed by atoms with Crippen LogP contribution in [0.2, 0.25) is 0 Å². The van der Waals surface area contributed by atoms with E-state index < -0.39 is 0 Å². The molecule has 7 heteroatoms. The molecule has 3 saturated heterocycles. The first kappa shape index (κ1) is 14.8. The molecular weight excluding hydrogens is 321 g/mol. The SMILES string of the molecule is Cc1ccnc(N2CC3CC(C2)N3Cc2noc3cc(F)ccc23)n1. The Hall–Kier alpha value is -2.54. The van der Waals surface area contributed by atoms with E-state index in [1.165, 1.54) is 18.6 Å². The van der Waals surface area contributed by atoms with Crippen molar-refractivity contribution in [1.82, 2.24) is 20.0 Å². The van der Waals surface area contributed by atoms with Gasteiger partial charge in [0.25, 0.3) is 0 Å². The molecule has 1 aromatic carbocycles. The van der Waals surface area contributed by atoms with Crippen molar-refractivity contribution in [2.45, 2.75) is 32.0 Å². The molecule has 0 radical (unpaired) electrons. The molecule has 0 N–H and O–H groups in total. The zero-order valence-corrected chi connectivity index (χ0v) is 13.9. The minimum atomic E-state index is -0.301. The van der Waals surface area contributed by atoms with Gasteiger partial charge in [0.1, 0.15) is 11.5 Å². The average Bonchev–Trinajstić information content (AvgIpc) is 3.01. The van der Waals surface area contributed by atoms with Gasteiger partial charge in [-0.2, -0.15) is 0 Å². The summed E-state index contributed by atoms with van der Waals surface area (Å²) < 4.78 is 18.6. The van der Waals surface area contributed by atoms with Crippen molar-refractivity contribution in [2.75, 3.05) is 18.0 Å². The largest absolute Gasteiger partial charge is 0.356 e. The Labute approximate surface area is 144 Å². The fourth-order valence-corrected chi connectivity index (χ4v) is 3.95. The first-order chi connectivity index (χ1) is 12.2. The molecule has 3 aliphatic heterocycles.